The van der Waals surface area contributed by atoms with Gasteiger partial charge in [-0.05, 0) is 71.2 Å². The molecule has 5 heterocycles. The number of para-hydroxylation sites is 1. The van der Waals surface area contributed by atoms with E-state index in [-0.39, 0.29) is 5.91 Å². The quantitative estimate of drug-likeness (QED) is 0.251. The van der Waals surface area contributed by atoms with Crippen LogP contribution in [0.15, 0.2) is 60.9 Å². The highest BCUT2D eigenvalue weighted by Gasteiger charge is 2.32. The molecular weight excluding hydrogens is 647 g/mol. The zero-order valence-electron chi connectivity index (χ0n) is 30.5. The molecule has 3 saturated heterocycles. The molecule has 1 unspecified atom stereocenters. The fourth-order valence-electron chi connectivity index (χ4n) is 6.45. The predicted molar refractivity (Wildman–Crippen MR) is 197 cm³/mol. The maximum Gasteiger partial charge on any atom is 0.239 e. The molecule has 12 heteroatoms. The molecule has 3 aliphatic rings. The fraction of sp³-hybridized carbons (Fsp3) is 0.487. The highest BCUT2D eigenvalue weighted by molar-refractivity contribution is 5.85. The van der Waals surface area contributed by atoms with Crippen molar-refractivity contribution >= 4 is 17.2 Å². The largest absolute Gasteiger partial charge is 0.457 e. The first-order valence-corrected chi connectivity index (χ1v) is 17.9. The SMILES string of the molecule is CC(C)(C)N1CCN(C2COC2)CC1.CCC(C#N)C(=O)N1CCCC1.Cc1nc(-c2ccc(Oc3ccccc3)cc2F)c2c(N)nccn12. The molecule has 0 aliphatic carbocycles. The van der Waals surface area contributed by atoms with E-state index in [4.69, 9.17) is 20.5 Å². The van der Waals surface area contributed by atoms with Crippen LogP contribution in [-0.2, 0) is 9.53 Å². The van der Waals surface area contributed by atoms with Gasteiger partial charge in [0.05, 0.1) is 25.3 Å². The second kappa shape index (κ2) is 17.1. The lowest BCUT2D eigenvalue weighted by Crippen LogP contribution is -2.59. The lowest BCUT2D eigenvalue weighted by atomic mass is 10.0. The van der Waals surface area contributed by atoms with E-state index in [0.29, 0.717) is 51.9 Å². The zero-order valence-corrected chi connectivity index (χ0v) is 30.5. The molecule has 0 radical (unpaired) electrons. The minimum Gasteiger partial charge on any atom is -0.457 e. The first-order chi connectivity index (χ1) is 24.5. The van der Waals surface area contributed by atoms with Gasteiger partial charge in [-0.2, -0.15) is 5.26 Å². The average molecular weight is 699 g/mol. The third-order valence-electron chi connectivity index (χ3n) is 9.61. The summed E-state index contributed by atoms with van der Waals surface area (Å²) in [4.78, 5) is 27.0. The van der Waals surface area contributed by atoms with Crippen LogP contribution in [0.3, 0.4) is 0 Å². The standard InChI is InChI=1S/C19H15FN4O.C11H22N2O.C9H14N2O/c1-12-23-17(18-19(21)22-9-10-24(12)18)15-8-7-14(11-16(15)20)25-13-5-3-2-4-6-13;1-11(2,3)13-6-4-12(5-7-13)10-8-14-9-10;1-2-8(7-10)9(12)11-5-3-4-6-11/h2-11H,1H3,(H2,21,22);10H,4-9H2,1-3H3;8H,2-6H2,1H3. The average Bonchev–Trinajstić information content (AvgIpc) is 3.75. The van der Waals surface area contributed by atoms with Crippen LogP contribution >= 0.6 is 0 Å². The Hall–Kier alpha value is -4.57. The van der Waals surface area contributed by atoms with Crippen LogP contribution in [0.25, 0.3) is 16.8 Å². The molecule has 1 atom stereocenters. The Morgan fingerprint density at radius 1 is 1.06 bits per heavy atom. The molecule has 2 N–H and O–H groups in total. The van der Waals surface area contributed by atoms with Gasteiger partial charge in [0.15, 0.2) is 0 Å². The van der Waals surface area contributed by atoms with Crippen LogP contribution in [0.2, 0.25) is 0 Å². The first-order valence-electron chi connectivity index (χ1n) is 17.9. The number of carbonyl (C=O) groups is 1. The van der Waals surface area contributed by atoms with Crippen LogP contribution in [0.5, 0.6) is 11.5 Å². The number of halogens is 1. The molecule has 0 saturated carbocycles. The molecule has 51 heavy (non-hydrogen) atoms. The fourth-order valence-corrected chi connectivity index (χ4v) is 6.45. The van der Waals surface area contributed by atoms with Crippen molar-refractivity contribution in [3.63, 3.8) is 0 Å². The van der Waals surface area contributed by atoms with E-state index in [1.54, 1.807) is 33.8 Å². The van der Waals surface area contributed by atoms with Gasteiger partial charge in [0.25, 0.3) is 0 Å². The molecular formula is C39H51FN8O3. The number of benzene rings is 2. The number of aromatic nitrogens is 3. The van der Waals surface area contributed by atoms with Crippen molar-refractivity contribution in [1.82, 2.24) is 29.1 Å². The minimum absolute atomic E-state index is 0.0255. The van der Waals surface area contributed by atoms with Gasteiger partial charge in [-0.25, -0.2) is 14.4 Å². The molecule has 2 aromatic carbocycles. The summed E-state index contributed by atoms with van der Waals surface area (Å²) in [5, 5.41) is 8.66. The monoisotopic (exact) mass is 698 g/mol. The maximum atomic E-state index is 14.7. The van der Waals surface area contributed by atoms with E-state index in [1.165, 1.54) is 32.2 Å². The van der Waals surface area contributed by atoms with Gasteiger partial charge >= 0.3 is 0 Å². The Bertz CT molecular complexity index is 1780. The number of nitrogen functional groups attached to an aromatic ring is 1. The predicted octanol–water partition coefficient (Wildman–Crippen LogP) is 6.18. The van der Waals surface area contributed by atoms with E-state index in [0.717, 1.165) is 45.2 Å². The topological polar surface area (TPSA) is 125 Å². The number of anilines is 1. The van der Waals surface area contributed by atoms with Gasteiger partial charge in [0, 0.05) is 68.8 Å². The van der Waals surface area contributed by atoms with Crippen LogP contribution in [0.4, 0.5) is 10.2 Å². The van der Waals surface area contributed by atoms with Crippen molar-refractivity contribution in [2.24, 2.45) is 5.92 Å². The molecule has 3 fully saturated rings. The van der Waals surface area contributed by atoms with Gasteiger partial charge in [0.1, 0.15) is 46.1 Å². The molecule has 0 spiro atoms. The number of nitrogens with zero attached hydrogens (tertiary/aromatic N) is 7. The van der Waals surface area contributed by atoms with Crippen molar-refractivity contribution in [3.05, 3.63) is 72.6 Å². The Morgan fingerprint density at radius 3 is 2.31 bits per heavy atom. The Balaban J connectivity index is 0.000000164. The Kier molecular flexibility index (Phi) is 12.6. The number of amides is 1. The van der Waals surface area contributed by atoms with Crippen molar-refractivity contribution in [1.29, 1.82) is 5.26 Å². The first kappa shape index (κ1) is 37.7. The Morgan fingerprint density at radius 2 is 1.75 bits per heavy atom. The number of aryl methyl sites for hydroxylation is 1. The molecule has 7 rings (SSSR count). The molecule has 11 nitrogen and oxygen atoms in total. The number of hydrogen-bond acceptors (Lipinski definition) is 9. The Labute approximate surface area is 300 Å². The molecule has 1 amide bonds. The number of nitriles is 1. The molecule has 0 bridgehead atoms. The summed E-state index contributed by atoms with van der Waals surface area (Å²) >= 11 is 0. The number of imidazole rings is 1. The minimum atomic E-state index is -0.434. The number of ether oxygens (including phenoxy) is 2. The van der Waals surface area contributed by atoms with Crippen LogP contribution in [0, 0.1) is 30.0 Å². The van der Waals surface area contributed by atoms with Crippen molar-refractivity contribution in [2.45, 2.75) is 65.5 Å². The normalized spacial score (nSPS) is 17.4. The van der Waals surface area contributed by atoms with Gasteiger partial charge in [-0.3, -0.25) is 19.0 Å². The van der Waals surface area contributed by atoms with E-state index in [2.05, 4.69) is 40.5 Å². The number of fused-ring (bicyclic) bond motifs is 1. The number of likely N-dealkylation sites (tertiary alicyclic amines) is 1. The number of piperazine rings is 1. The molecule has 2 aromatic heterocycles. The van der Waals surface area contributed by atoms with Crippen molar-refractivity contribution < 1.29 is 18.7 Å². The number of hydrogen-bond donors (Lipinski definition) is 1. The van der Waals surface area contributed by atoms with E-state index in [1.807, 2.05) is 50.2 Å². The molecule has 3 aliphatic heterocycles. The summed E-state index contributed by atoms with van der Waals surface area (Å²) in [6.45, 7) is 19.1. The maximum absolute atomic E-state index is 14.7. The molecule has 4 aromatic rings. The van der Waals surface area contributed by atoms with Crippen molar-refractivity contribution in [2.75, 3.05) is 58.2 Å². The zero-order chi connectivity index (χ0) is 36.5. The van der Waals surface area contributed by atoms with Crippen LogP contribution in [0.1, 0.15) is 52.8 Å². The highest BCUT2D eigenvalue weighted by atomic mass is 19.1. The van der Waals surface area contributed by atoms with Crippen LogP contribution < -0.4 is 10.5 Å². The van der Waals surface area contributed by atoms with E-state index < -0.39 is 11.7 Å². The summed E-state index contributed by atoms with van der Waals surface area (Å²) < 4.78 is 27.4. The molecule has 272 valence electrons. The summed E-state index contributed by atoms with van der Waals surface area (Å²) in [5.74, 6) is 1.26. The smallest absolute Gasteiger partial charge is 0.239 e. The highest BCUT2D eigenvalue weighted by Crippen LogP contribution is 2.32. The number of rotatable bonds is 6. The summed E-state index contributed by atoms with van der Waals surface area (Å²) in [6.07, 6.45) is 6.16. The summed E-state index contributed by atoms with van der Waals surface area (Å²) in [6, 6.07) is 16.7. The van der Waals surface area contributed by atoms with Gasteiger partial charge in [0.2, 0.25) is 5.91 Å². The third kappa shape index (κ3) is 9.41. The van der Waals surface area contributed by atoms with E-state index >= 15 is 0 Å². The lowest BCUT2D eigenvalue weighted by molar-refractivity contribution is -0.132. The van der Waals surface area contributed by atoms with Gasteiger partial charge in [-0.15, -0.1) is 0 Å². The van der Waals surface area contributed by atoms with Gasteiger partial charge in [-0.1, -0.05) is 25.1 Å². The second-order valence-electron chi connectivity index (χ2n) is 14.1. The second-order valence-corrected chi connectivity index (χ2v) is 14.1. The van der Waals surface area contributed by atoms with Crippen LogP contribution in [-0.4, -0.2) is 99.0 Å². The van der Waals surface area contributed by atoms with Crippen molar-refractivity contribution in [3.8, 4) is 28.8 Å². The van der Waals surface area contributed by atoms with E-state index in [9.17, 15) is 9.18 Å². The number of carbonyl (C=O) groups excluding carboxylic acids is 1. The van der Waals surface area contributed by atoms with Gasteiger partial charge < -0.3 is 20.1 Å². The lowest BCUT2D eigenvalue weighted by Gasteiger charge is -2.46. The summed E-state index contributed by atoms with van der Waals surface area (Å²) in [7, 11) is 0. The summed E-state index contributed by atoms with van der Waals surface area (Å²) in [5.41, 5.74) is 7.72. The third-order valence-corrected chi connectivity index (χ3v) is 9.61. The number of nitrogens with two attached hydrogens (primary N) is 1.